The zero-order valence-corrected chi connectivity index (χ0v) is 9.83. The Bertz CT molecular complexity index is 349. The summed E-state index contributed by atoms with van der Waals surface area (Å²) in [5.41, 5.74) is 0.615. The minimum Gasteiger partial charge on any atom is -0.298 e. The van der Waals surface area contributed by atoms with E-state index in [4.69, 9.17) is 34.8 Å². The fraction of sp³-hybridized carbons (Fsp3) is 0.300. The van der Waals surface area contributed by atoms with E-state index in [1.165, 1.54) is 0 Å². The Hall–Kier alpha value is -0.240. The molecule has 0 spiro atoms. The van der Waals surface area contributed by atoms with Crippen LogP contribution in [0.15, 0.2) is 18.2 Å². The summed E-state index contributed by atoms with van der Waals surface area (Å²) in [6.07, 6.45) is 0.396. The molecule has 1 atom stereocenters. The van der Waals surface area contributed by atoms with Crippen molar-refractivity contribution in [1.29, 1.82) is 0 Å². The molecule has 1 nitrogen and oxygen atoms in total. The molecular weight excluding hydrogens is 242 g/mol. The van der Waals surface area contributed by atoms with Crippen LogP contribution in [0.5, 0.6) is 0 Å². The summed E-state index contributed by atoms with van der Waals surface area (Å²) in [6.45, 7) is 1.77. The maximum Gasteiger partial charge on any atom is 0.154 e. The molecule has 0 amide bonds. The third kappa shape index (κ3) is 2.63. The summed E-state index contributed by atoms with van der Waals surface area (Å²) in [4.78, 5) is 11.3. The Morgan fingerprint density at radius 3 is 2.57 bits per heavy atom. The highest BCUT2D eigenvalue weighted by Crippen LogP contribution is 2.31. The molecule has 0 saturated heterocycles. The second kappa shape index (κ2) is 5.01. The molecular formula is C10H9Cl3O. The van der Waals surface area contributed by atoms with E-state index < -0.39 is 5.38 Å². The fourth-order valence-corrected chi connectivity index (χ4v) is 1.98. The normalized spacial score (nSPS) is 12.6. The topological polar surface area (TPSA) is 17.1 Å². The number of Topliss-reactive ketones (excluding diaryl/α,β-unsaturated/α-hetero) is 1. The van der Waals surface area contributed by atoms with Crippen molar-refractivity contribution in [2.24, 2.45) is 0 Å². The van der Waals surface area contributed by atoms with Gasteiger partial charge in [-0.3, -0.25) is 4.79 Å². The predicted octanol–water partition coefficient (Wildman–Crippen LogP) is 4.25. The molecule has 0 aliphatic carbocycles. The van der Waals surface area contributed by atoms with Gasteiger partial charge in [0.15, 0.2) is 5.78 Å². The number of hydrogen-bond donors (Lipinski definition) is 0. The number of hydrogen-bond acceptors (Lipinski definition) is 1. The molecule has 76 valence electrons. The lowest BCUT2D eigenvalue weighted by atomic mass is 10.1. The molecule has 0 heterocycles. The van der Waals surface area contributed by atoms with E-state index in [2.05, 4.69) is 0 Å². The zero-order valence-electron chi connectivity index (χ0n) is 7.56. The van der Waals surface area contributed by atoms with Gasteiger partial charge in [0.25, 0.3) is 0 Å². The van der Waals surface area contributed by atoms with E-state index in [-0.39, 0.29) is 5.78 Å². The monoisotopic (exact) mass is 250 g/mol. The Kier molecular flexibility index (Phi) is 4.24. The molecule has 1 aromatic carbocycles. The molecule has 0 radical (unpaired) electrons. The van der Waals surface area contributed by atoms with E-state index in [9.17, 15) is 4.79 Å². The second-order valence-electron chi connectivity index (χ2n) is 2.85. The highest BCUT2D eigenvalue weighted by molar-refractivity contribution is 6.37. The van der Waals surface area contributed by atoms with Crippen LogP contribution in [0.25, 0.3) is 0 Å². The Morgan fingerprint density at radius 1 is 1.43 bits per heavy atom. The molecule has 0 fully saturated rings. The summed E-state index contributed by atoms with van der Waals surface area (Å²) in [5, 5.41) is 0.288. The van der Waals surface area contributed by atoms with Gasteiger partial charge < -0.3 is 0 Å². The van der Waals surface area contributed by atoms with Gasteiger partial charge in [0.05, 0.1) is 0 Å². The van der Waals surface area contributed by atoms with Crippen LogP contribution in [-0.4, -0.2) is 5.78 Å². The maximum absolute atomic E-state index is 11.3. The van der Waals surface area contributed by atoms with Gasteiger partial charge in [0.1, 0.15) is 5.38 Å². The summed E-state index contributed by atoms with van der Waals surface area (Å²) in [5.74, 6) is -0.0455. The van der Waals surface area contributed by atoms with Gasteiger partial charge in [0, 0.05) is 16.5 Å². The smallest absolute Gasteiger partial charge is 0.154 e. The van der Waals surface area contributed by atoms with Gasteiger partial charge in [-0.1, -0.05) is 36.2 Å². The van der Waals surface area contributed by atoms with Crippen molar-refractivity contribution in [3.63, 3.8) is 0 Å². The Morgan fingerprint density at radius 2 is 2.07 bits per heavy atom. The van der Waals surface area contributed by atoms with Gasteiger partial charge in [-0.05, 0) is 17.7 Å². The lowest BCUT2D eigenvalue weighted by Crippen LogP contribution is -2.05. The second-order valence-corrected chi connectivity index (χ2v) is 4.13. The van der Waals surface area contributed by atoms with Crippen LogP contribution >= 0.6 is 34.8 Å². The van der Waals surface area contributed by atoms with Crippen molar-refractivity contribution in [3.05, 3.63) is 33.8 Å². The molecule has 1 aromatic rings. The predicted molar refractivity (Wildman–Crippen MR) is 60.4 cm³/mol. The largest absolute Gasteiger partial charge is 0.298 e. The van der Waals surface area contributed by atoms with Crippen LogP contribution < -0.4 is 0 Å². The quantitative estimate of drug-likeness (QED) is 0.734. The van der Waals surface area contributed by atoms with Crippen LogP contribution in [0.3, 0.4) is 0 Å². The van der Waals surface area contributed by atoms with Crippen LogP contribution in [0, 0.1) is 0 Å². The fourth-order valence-electron chi connectivity index (χ4n) is 1.06. The van der Waals surface area contributed by atoms with E-state index in [0.29, 0.717) is 22.0 Å². The van der Waals surface area contributed by atoms with E-state index >= 15 is 0 Å². The Labute approximate surface area is 98.0 Å². The number of ketones is 1. The first-order valence-corrected chi connectivity index (χ1v) is 5.37. The number of rotatable bonds is 3. The molecule has 0 aromatic heterocycles. The number of carbonyl (C=O) groups is 1. The molecule has 14 heavy (non-hydrogen) atoms. The van der Waals surface area contributed by atoms with E-state index in [1.54, 1.807) is 25.1 Å². The number of halogens is 3. The van der Waals surface area contributed by atoms with Crippen LogP contribution in [-0.2, 0) is 4.79 Å². The third-order valence-electron chi connectivity index (χ3n) is 1.87. The minimum absolute atomic E-state index is 0.0455. The van der Waals surface area contributed by atoms with Gasteiger partial charge in [-0.25, -0.2) is 0 Å². The lowest BCUT2D eigenvalue weighted by Gasteiger charge is -2.09. The zero-order chi connectivity index (χ0) is 10.7. The molecule has 0 aliphatic heterocycles. The summed E-state index contributed by atoms with van der Waals surface area (Å²) in [6, 6.07) is 4.92. The number of benzene rings is 1. The van der Waals surface area contributed by atoms with Crippen LogP contribution in [0.4, 0.5) is 0 Å². The van der Waals surface area contributed by atoms with Crippen molar-refractivity contribution < 1.29 is 4.79 Å². The molecule has 4 heteroatoms. The average Bonchev–Trinajstić information content (AvgIpc) is 2.15. The average molecular weight is 252 g/mol. The molecule has 0 N–H and O–H groups in total. The van der Waals surface area contributed by atoms with Crippen LogP contribution in [0.1, 0.15) is 24.3 Å². The standard InChI is InChI=1S/C10H9Cl3O/c1-2-9(14)10(13)7-4-3-6(11)5-8(7)12/h3-5,10H,2H2,1H3. The number of alkyl halides is 1. The van der Waals surface area contributed by atoms with Crippen molar-refractivity contribution in [2.75, 3.05) is 0 Å². The summed E-state index contributed by atoms with van der Waals surface area (Å²) < 4.78 is 0. The molecule has 0 bridgehead atoms. The maximum atomic E-state index is 11.3. The van der Waals surface area contributed by atoms with Gasteiger partial charge >= 0.3 is 0 Å². The van der Waals surface area contributed by atoms with Crippen molar-refractivity contribution in [1.82, 2.24) is 0 Å². The molecule has 0 aliphatic rings. The SMILES string of the molecule is CCC(=O)C(Cl)c1ccc(Cl)cc1Cl. The molecule has 1 rings (SSSR count). The van der Waals surface area contributed by atoms with Gasteiger partial charge in [-0.15, -0.1) is 11.6 Å². The minimum atomic E-state index is -0.676. The number of carbonyl (C=O) groups excluding carboxylic acids is 1. The summed E-state index contributed by atoms with van der Waals surface area (Å²) >= 11 is 17.6. The van der Waals surface area contributed by atoms with Crippen molar-refractivity contribution in [3.8, 4) is 0 Å². The van der Waals surface area contributed by atoms with Gasteiger partial charge in [-0.2, -0.15) is 0 Å². The van der Waals surface area contributed by atoms with Crippen LogP contribution in [0.2, 0.25) is 10.0 Å². The highest BCUT2D eigenvalue weighted by atomic mass is 35.5. The van der Waals surface area contributed by atoms with E-state index in [1.807, 2.05) is 0 Å². The first-order valence-electron chi connectivity index (χ1n) is 4.18. The first kappa shape index (κ1) is 11.8. The van der Waals surface area contributed by atoms with E-state index in [0.717, 1.165) is 0 Å². The molecule has 0 saturated carbocycles. The third-order valence-corrected chi connectivity index (χ3v) is 2.91. The Balaban J connectivity index is 3.01. The first-order chi connectivity index (χ1) is 6.56. The van der Waals surface area contributed by atoms with Crippen molar-refractivity contribution in [2.45, 2.75) is 18.7 Å². The van der Waals surface area contributed by atoms with Gasteiger partial charge in [0.2, 0.25) is 0 Å². The highest BCUT2D eigenvalue weighted by Gasteiger charge is 2.18. The van der Waals surface area contributed by atoms with Crippen molar-refractivity contribution >= 4 is 40.6 Å². The lowest BCUT2D eigenvalue weighted by molar-refractivity contribution is -0.118. The summed E-state index contributed by atoms with van der Waals surface area (Å²) in [7, 11) is 0. The molecule has 1 unspecified atom stereocenters.